The molecule has 6 nitrogen and oxygen atoms in total. The van der Waals surface area contributed by atoms with Crippen LogP contribution in [0.25, 0.3) is 11.1 Å². The third kappa shape index (κ3) is 5.86. The molecule has 1 amide bonds. The maximum Gasteiger partial charge on any atom is 0.415 e. The van der Waals surface area contributed by atoms with Crippen LogP contribution in [0.5, 0.6) is 0 Å². The molecule has 0 saturated carbocycles. The van der Waals surface area contributed by atoms with Gasteiger partial charge in [-0.3, -0.25) is 4.90 Å². The summed E-state index contributed by atoms with van der Waals surface area (Å²) in [5, 5.41) is 0.694. The Balaban J connectivity index is 1.09. The van der Waals surface area contributed by atoms with Crippen molar-refractivity contribution in [1.82, 2.24) is 4.98 Å². The number of benzene rings is 3. The molecule has 40 heavy (non-hydrogen) atoms. The van der Waals surface area contributed by atoms with Crippen LogP contribution in [0.15, 0.2) is 82.4 Å². The zero-order valence-electron chi connectivity index (χ0n) is 22.2. The number of hydrogen-bond donors (Lipinski definition) is 0. The molecule has 0 aliphatic carbocycles. The number of rotatable bonds is 9. The van der Waals surface area contributed by atoms with Gasteiger partial charge in [0.05, 0.1) is 31.9 Å². The van der Waals surface area contributed by atoms with Crippen molar-refractivity contribution in [3.8, 4) is 0 Å². The summed E-state index contributed by atoms with van der Waals surface area (Å²) >= 11 is 1.63. The molecule has 7 rings (SSSR count). The molecule has 3 fully saturated rings. The molecular formula is C31H32F2N3O3S+. The topological polar surface area (TPSA) is 55.6 Å². The molecule has 3 saturated heterocycles. The second kappa shape index (κ2) is 11.6. The number of amides is 1. The van der Waals surface area contributed by atoms with Crippen molar-refractivity contribution in [3.63, 3.8) is 0 Å². The molecule has 1 unspecified atom stereocenters. The lowest BCUT2D eigenvalue weighted by atomic mass is 9.83. The lowest BCUT2D eigenvalue weighted by Gasteiger charge is -2.52. The molecule has 3 aromatic carbocycles. The molecule has 1 atom stereocenters. The van der Waals surface area contributed by atoms with E-state index >= 15 is 0 Å². The minimum atomic E-state index is -0.571. The summed E-state index contributed by atoms with van der Waals surface area (Å²) in [6, 6.07) is 19.8. The number of oxazole rings is 1. The number of carbonyl (C=O) groups excluding carboxylic acids is 1. The number of nitrogens with zero attached hydrogens (tertiary/aromatic N) is 3. The SMILES string of the molecule is O=C(OC1C[N+]2(CCCSc3nc4ccccc4o3)CCC1CC2)N(Cc1ccc(F)cc1)c1ccccc1F. The lowest BCUT2D eigenvalue weighted by molar-refractivity contribution is -0.946. The van der Waals surface area contributed by atoms with Gasteiger partial charge in [0, 0.05) is 30.9 Å². The number of quaternary nitrogens is 1. The highest BCUT2D eigenvalue weighted by Gasteiger charge is 2.47. The van der Waals surface area contributed by atoms with Crippen LogP contribution >= 0.6 is 11.8 Å². The van der Waals surface area contributed by atoms with Crippen LogP contribution in [0, 0.1) is 17.6 Å². The van der Waals surface area contributed by atoms with Gasteiger partial charge in [-0.25, -0.2) is 18.6 Å². The Morgan fingerprint density at radius 1 is 1.02 bits per heavy atom. The predicted molar refractivity (Wildman–Crippen MR) is 151 cm³/mol. The predicted octanol–water partition coefficient (Wildman–Crippen LogP) is 7.04. The number of fused-ring (bicyclic) bond motifs is 4. The summed E-state index contributed by atoms with van der Waals surface area (Å²) in [5.41, 5.74) is 2.52. The highest BCUT2D eigenvalue weighted by atomic mass is 32.2. The molecule has 0 radical (unpaired) electrons. The first-order valence-corrected chi connectivity index (χ1v) is 14.8. The fraction of sp³-hybridized carbons (Fsp3) is 0.355. The van der Waals surface area contributed by atoms with Crippen LogP contribution in [-0.2, 0) is 11.3 Å². The Morgan fingerprint density at radius 2 is 1.77 bits per heavy atom. The number of ether oxygens (including phenoxy) is 1. The monoisotopic (exact) mass is 564 g/mol. The number of carbonyl (C=O) groups is 1. The molecule has 3 aliphatic rings. The number of anilines is 1. The van der Waals surface area contributed by atoms with Gasteiger partial charge >= 0.3 is 6.09 Å². The van der Waals surface area contributed by atoms with E-state index in [1.54, 1.807) is 42.1 Å². The molecule has 0 N–H and O–H groups in total. The quantitative estimate of drug-likeness (QED) is 0.124. The average molecular weight is 565 g/mol. The van der Waals surface area contributed by atoms with Crippen molar-refractivity contribution < 1.29 is 27.2 Å². The molecular weight excluding hydrogens is 532 g/mol. The van der Waals surface area contributed by atoms with Gasteiger partial charge in [-0.2, -0.15) is 0 Å². The molecule has 3 aliphatic heterocycles. The average Bonchev–Trinajstić information content (AvgIpc) is 3.39. The van der Waals surface area contributed by atoms with E-state index in [-0.39, 0.29) is 24.2 Å². The van der Waals surface area contributed by atoms with Crippen molar-refractivity contribution in [2.45, 2.75) is 37.1 Å². The first-order chi connectivity index (χ1) is 19.5. The molecule has 1 aromatic heterocycles. The Hall–Kier alpha value is -3.43. The highest BCUT2D eigenvalue weighted by molar-refractivity contribution is 7.99. The van der Waals surface area contributed by atoms with E-state index < -0.39 is 11.9 Å². The molecule has 208 valence electrons. The van der Waals surface area contributed by atoms with E-state index in [0.717, 1.165) is 66.8 Å². The van der Waals surface area contributed by atoms with Gasteiger partial charge in [-0.05, 0) is 42.0 Å². The van der Waals surface area contributed by atoms with E-state index in [9.17, 15) is 13.6 Å². The second-order valence-corrected chi connectivity index (χ2v) is 11.8. The Bertz CT molecular complexity index is 1440. The number of piperidine rings is 3. The fourth-order valence-corrected chi connectivity index (χ4v) is 6.79. The fourth-order valence-electron chi connectivity index (χ4n) is 6.03. The highest BCUT2D eigenvalue weighted by Crippen LogP contribution is 2.37. The van der Waals surface area contributed by atoms with Crippen molar-refractivity contribution in [2.75, 3.05) is 36.8 Å². The first-order valence-electron chi connectivity index (χ1n) is 13.8. The summed E-state index contributed by atoms with van der Waals surface area (Å²) in [6.07, 6.45) is 2.22. The van der Waals surface area contributed by atoms with E-state index in [1.165, 1.54) is 23.1 Å². The van der Waals surface area contributed by atoms with E-state index in [1.807, 2.05) is 24.3 Å². The second-order valence-electron chi connectivity index (χ2n) is 10.8. The third-order valence-electron chi connectivity index (χ3n) is 8.19. The largest absolute Gasteiger partial charge is 0.440 e. The van der Waals surface area contributed by atoms with Gasteiger partial charge in [-0.15, -0.1) is 0 Å². The molecule has 0 spiro atoms. The van der Waals surface area contributed by atoms with Gasteiger partial charge in [0.25, 0.3) is 5.22 Å². The van der Waals surface area contributed by atoms with Crippen molar-refractivity contribution in [1.29, 1.82) is 0 Å². The standard InChI is InChI=1S/C31H32F2N3O3S/c32-24-12-10-22(11-13-24)20-35(27-8-3-1-6-25(27)33)31(37)39-29-21-36(17-14-23(29)15-18-36)16-5-19-40-30-34-26-7-2-4-9-28(26)38-30/h1-4,6-13,23,29H,5,14-21H2/q+1. The number of halogens is 2. The third-order valence-corrected chi connectivity index (χ3v) is 9.10. The maximum absolute atomic E-state index is 14.8. The number of hydrogen-bond acceptors (Lipinski definition) is 5. The van der Waals surface area contributed by atoms with Crippen LogP contribution in [-0.4, -0.2) is 53.6 Å². The van der Waals surface area contributed by atoms with Crippen molar-refractivity contribution in [2.24, 2.45) is 5.92 Å². The van der Waals surface area contributed by atoms with E-state index in [4.69, 9.17) is 9.15 Å². The van der Waals surface area contributed by atoms with Gasteiger partial charge in [0.15, 0.2) is 11.7 Å². The Morgan fingerprint density at radius 3 is 2.55 bits per heavy atom. The minimum absolute atomic E-state index is 0.0878. The van der Waals surface area contributed by atoms with E-state index in [2.05, 4.69) is 4.98 Å². The van der Waals surface area contributed by atoms with Crippen LogP contribution < -0.4 is 4.90 Å². The zero-order valence-corrected chi connectivity index (χ0v) is 23.0. The van der Waals surface area contributed by atoms with Crippen LogP contribution in [0.2, 0.25) is 0 Å². The van der Waals surface area contributed by atoms with Crippen LogP contribution in [0.1, 0.15) is 24.8 Å². The summed E-state index contributed by atoms with van der Waals surface area (Å²) in [6.45, 7) is 4.02. The van der Waals surface area contributed by atoms with Gasteiger partial charge in [0.2, 0.25) is 0 Å². The maximum atomic E-state index is 14.8. The smallest absolute Gasteiger partial charge is 0.415 e. The molecule has 9 heteroatoms. The minimum Gasteiger partial charge on any atom is -0.440 e. The first kappa shape index (κ1) is 26.8. The number of thioether (sulfide) groups is 1. The molecule has 4 heterocycles. The number of aromatic nitrogens is 1. The van der Waals surface area contributed by atoms with Crippen LogP contribution in [0.4, 0.5) is 19.3 Å². The molecule has 4 aromatic rings. The zero-order chi connectivity index (χ0) is 27.5. The summed E-state index contributed by atoms with van der Waals surface area (Å²) in [5.74, 6) is 0.346. The van der Waals surface area contributed by atoms with Gasteiger partial charge in [0.1, 0.15) is 23.7 Å². The van der Waals surface area contributed by atoms with Crippen molar-refractivity contribution >= 4 is 34.6 Å². The number of para-hydroxylation sites is 3. The molecule has 2 bridgehead atoms. The van der Waals surface area contributed by atoms with Gasteiger partial charge < -0.3 is 13.6 Å². The summed E-state index contributed by atoms with van der Waals surface area (Å²) < 4.78 is 41.1. The van der Waals surface area contributed by atoms with Crippen molar-refractivity contribution in [3.05, 3.63) is 90.0 Å². The normalized spacial score (nSPS) is 21.9. The van der Waals surface area contributed by atoms with Crippen LogP contribution in [0.3, 0.4) is 0 Å². The lowest BCUT2D eigenvalue weighted by Crippen LogP contribution is -2.65. The Labute approximate surface area is 236 Å². The Kier molecular flexibility index (Phi) is 7.76. The van der Waals surface area contributed by atoms with E-state index in [0.29, 0.717) is 16.7 Å². The van der Waals surface area contributed by atoms with Gasteiger partial charge in [-0.1, -0.05) is 48.2 Å². The summed E-state index contributed by atoms with van der Waals surface area (Å²) in [4.78, 5) is 19.4. The summed E-state index contributed by atoms with van der Waals surface area (Å²) in [7, 11) is 0.